The predicted octanol–water partition coefficient (Wildman–Crippen LogP) is 1.78. The fourth-order valence-electron chi connectivity index (χ4n) is 2.13. The molecule has 2 unspecified atom stereocenters. The second-order valence-electron chi connectivity index (χ2n) is 4.76. The lowest BCUT2D eigenvalue weighted by molar-refractivity contribution is 0.100. The Hall–Kier alpha value is -1.30. The second-order valence-corrected chi connectivity index (χ2v) is 4.76. The van der Waals surface area contributed by atoms with Gasteiger partial charge in [-0.3, -0.25) is 11.3 Å². The minimum absolute atomic E-state index is 0.0344. The van der Waals surface area contributed by atoms with Crippen molar-refractivity contribution in [2.75, 3.05) is 20.3 Å². The van der Waals surface area contributed by atoms with Crippen LogP contribution in [0, 0.1) is 0 Å². The first kappa shape index (κ1) is 14.1. The number of methoxy groups -OCH3 is 1. The van der Waals surface area contributed by atoms with Gasteiger partial charge in [-0.05, 0) is 31.0 Å². The topological polar surface area (TPSA) is 65.7 Å². The van der Waals surface area contributed by atoms with Crippen LogP contribution in [0.3, 0.4) is 0 Å². The maximum absolute atomic E-state index is 5.69. The number of benzene rings is 1. The third-order valence-corrected chi connectivity index (χ3v) is 3.35. The third kappa shape index (κ3) is 3.59. The highest BCUT2D eigenvalue weighted by atomic mass is 16.5. The molecular weight excluding hydrogens is 244 g/mol. The Morgan fingerprint density at radius 2 is 2.05 bits per heavy atom. The molecular formula is C14H22N2O3. The summed E-state index contributed by atoms with van der Waals surface area (Å²) in [6, 6.07) is 5.98. The van der Waals surface area contributed by atoms with Crippen LogP contribution in [-0.2, 0) is 4.74 Å². The van der Waals surface area contributed by atoms with Crippen molar-refractivity contribution in [2.24, 2.45) is 5.84 Å². The van der Waals surface area contributed by atoms with Gasteiger partial charge in [0, 0.05) is 19.6 Å². The van der Waals surface area contributed by atoms with Gasteiger partial charge in [0.25, 0.3) is 0 Å². The Balaban J connectivity index is 2.16. The van der Waals surface area contributed by atoms with Crippen molar-refractivity contribution in [3.63, 3.8) is 0 Å². The van der Waals surface area contributed by atoms with Gasteiger partial charge < -0.3 is 14.2 Å². The summed E-state index contributed by atoms with van der Waals surface area (Å²) in [5, 5.41) is 0. The smallest absolute Gasteiger partial charge is 0.161 e. The van der Waals surface area contributed by atoms with Gasteiger partial charge in [0.15, 0.2) is 11.5 Å². The molecule has 0 amide bonds. The van der Waals surface area contributed by atoms with Gasteiger partial charge in [-0.1, -0.05) is 6.07 Å². The zero-order valence-electron chi connectivity index (χ0n) is 11.5. The quantitative estimate of drug-likeness (QED) is 0.628. The summed E-state index contributed by atoms with van der Waals surface area (Å²) >= 11 is 0. The molecule has 1 aromatic carbocycles. The molecule has 0 aliphatic carbocycles. The standard InChI is InChI=1S/C14H22N2O3/c1-10(17-2)8-12(16-15)11-4-5-13-14(9-11)19-7-3-6-18-13/h4-5,9-10,12,16H,3,6-8,15H2,1-2H3. The summed E-state index contributed by atoms with van der Waals surface area (Å²) < 4.78 is 16.6. The molecule has 0 radical (unpaired) electrons. The summed E-state index contributed by atoms with van der Waals surface area (Å²) in [5.74, 6) is 7.23. The molecule has 2 rings (SSSR count). The van der Waals surface area contributed by atoms with Crippen molar-refractivity contribution in [1.82, 2.24) is 5.43 Å². The van der Waals surface area contributed by atoms with E-state index in [4.69, 9.17) is 20.1 Å². The molecule has 0 spiro atoms. The molecule has 0 saturated carbocycles. The number of rotatable bonds is 5. The molecule has 0 aromatic heterocycles. The van der Waals surface area contributed by atoms with E-state index in [0.29, 0.717) is 13.2 Å². The molecule has 19 heavy (non-hydrogen) atoms. The minimum Gasteiger partial charge on any atom is -0.490 e. The van der Waals surface area contributed by atoms with E-state index in [1.165, 1.54) is 0 Å². The number of hydrogen-bond acceptors (Lipinski definition) is 5. The maximum atomic E-state index is 5.69. The molecule has 5 heteroatoms. The molecule has 0 bridgehead atoms. The van der Waals surface area contributed by atoms with E-state index in [2.05, 4.69) is 5.43 Å². The lowest BCUT2D eigenvalue weighted by Gasteiger charge is -2.21. The van der Waals surface area contributed by atoms with Gasteiger partial charge in [0.2, 0.25) is 0 Å². The van der Waals surface area contributed by atoms with Crippen LogP contribution in [-0.4, -0.2) is 26.4 Å². The first-order valence-electron chi connectivity index (χ1n) is 6.63. The number of nitrogens with one attached hydrogen (secondary N) is 1. The molecule has 106 valence electrons. The van der Waals surface area contributed by atoms with Crippen molar-refractivity contribution in [1.29, 1.82) is 0 Å². The van der Waals surface area contributed by atoms with Crippen molar-refractivity contribution in [3.8, 4) is 11.5 Å². The molecule has 1 aliphatic rings. The van der Waals surface area contributed by atoms with Crippen LogP contribution in [0.2, 0.25) is 0 Å². The van der Waals surface area contributed by atoms with Gasteiger partial charge in [0.05, 0.1) is 19.3 Å². The van der Waals surface area contributed by atoms with Gasteiger partial charge in [0.1, 0.15) is 0 Å². The van der Waals surface area contributed by atoms with Crippen molar-refractivity contribution >= 4 is 0 Å². The van der Waals surface area contributed by atoms with E-state index >= 15 is 0 Å². The first-order chi connectivity index (χ1) is 9.24. The zero-order chi connectivity index (χ0) is 13.7. The van der Waals surface area contributed by atoms with Crippen LogP contribution in [0.15, 0.2) is 18.2 Å². The molecule has 2 atom stereocenters. The summed E-state index contributed by atoms with van der Waals surface area (Å²) in [6.45, 7) is 3.41. The molecule has 1 aliphatic heterocycles. The molecule has 0 fully saturated rings. The van der Waals surface area contributed by atoms with E-state index < -0.39 is 0 Å². The molecule has 5 nitrogen and oxygen atoms in total. The van der Waals surface area contributed by atoms with Crippen LogP contribution >= 0.6 is 0 Å². The highest BCUT2D eigenvalue weighted by molar-refractivity contribution is 5.44. The average Bonchev–Trinajstić information content (AvgIpc) is 2.68. The Bertz CT molecular complexity index is 412. The normalized spacial score (nSPS) is 17.6. The maximum Gasteiger partial charge on any atom is 0.161 e. The van der Waals surface area contributed by atoms with E-state index in [-0.39, 0.29) is 12.1 Å². The fraction of sp³-hybridized carbons (Fsp3) is 0.571. The van der Waals surface area contributed by atoms with Crippen LogP contribution in [0.25, 0.3) is 0 Å². The number of ether oxygens (including phenoxy) is 3. The van der Waals surface area contributed by atoms with Crippen LogP contribution < -0.4 is 20.7 Å². The SMILES string of the molecule is COC(C)CC(NN)c1ccc2c(c1)OCCCO2. The summed E-state index contributed by atoms with van der Waals surface area (Å²) in [5.41, 5.74) is 3.91. The summed E-state index contributed by atoms with van der Waals surface area (Å²) in [4.78, 5) is 0. The van der Waals surface area contributed by atoms with E-state index in [1.807, 2.05) is 25.1 Å². The molecule has 3 N–H and O–H groups in total. The Kier molecular flexibility index (Phi) is 5.01. The fourth-order valence-corrected chi connectivity index (χ4v) is 2.13. The van der Waals surface area contributed by atoms with Gasteiger partial charge in [-0.25, -0.2) is 0 Å². The van der Waals surface area contributed by atoms with Crippen molar-refractivity contribution in [2.45, 2.75) is 31.9 Å². The van der Waals surface area contributed by atoms with Crippen LogP contribution in [0.1, 0.15) is 31.4 Å². The predicted molar refractivity (Wildman–Crippen MR) is 73.2 cm³/mol. The van der Waals surface area contributed by atoms with Crippen molar-refractivity contribution < 1.29 is 14.2 Å². The number of nitrogens with two attached hydrogens (primary N) is 1. The second kappa shape index (κ2) is 6.75. The summed E-state index contributed by atoms with van der Waals surface area (Å²) in [7, 11) is 1.70. The largest absolute Gasteiger partial charge is 0.490 e. The number of hydrazine groups is 1. The Morgan fingerprint density at radius 1 is 1.32 bits per heavy atom. The number of fused-ring (bicyclic) bond motifs is 1. The van der Waals surface area contributed by atoms with Gasteiger partial charge >= 0.3 is 0 Å². The average molecular weight is 266 g/mol. The lowest BCUT2D eigenvalue weighted by atomic mass is 10.0. The Morgan fingerprint density at radius 3 is 2.74 bits per heavy atom. The lowest BCUT2D eigenvalue weighted by Crippen LogP contribution is -2.30. The Labute approximate surface area is 114 Å². The van der Waals surface area contributed by atoms with E-state index in [0.717, 1.165) is 29.9 Å². The van der Waals surface area contributed by atoms with Gasteiger partial charge in [-0.15, -0.1) is 0 Å². The zero-order valence-corrected chi connectivity index (χ0v) is 11.5. The van der Waals surface area contributed by atoms with Gasteiger partial charge in [-0.2, -0.15) is 0 Å². The van der Waals surface area contributed by atoms with Crippen LogP contribution in [0.4, 0.5) is 0 Å². The highest BCUT2D eigenvalue weighted by Crippen LogP contribution is 2.33. The van der Waals surface area contributed by atoms with E-state index in [1.54, 1.807) is 7.11 Å². The molecule has 1 heterocycles. The third-order valence-electron chi connectivity index (χ3n) is 3.35. The molecule has 1 aromatic rings. The van der Waals surface area contributed by atoms with Crippen LogP contribution in [0.5, 0.6) is 11.5 Å². The van der Waals surface area contributed by atoms with Crippen molar-refractivity contribution in [3.05, 3.63) is 23.8 Å². The number of hydrogen-bond donors (Lipinski definition) is 2. The molecule has 0 saturated heterocycles. The minimum atomic E-state index is 0.0344. The monoisotopic (exact) mass is 266 g/mol. The first-order valence-corrected chi connectivity index (χ1v) is 6.63. The van der Waals surface area contributed by atoms with E-state index in [9.17, 15) is 0 Å². The summed E-state index contributed by atoms with van der Waals surface area (Å²) in [6.07, 6.45) is 1.84. The highest BCUT2D eigenvalue weighted by Gasteiger charge is 2.17.